The summed E-state index contributed by atoms with van der Waals surface area (Å²) in [6.07, 6.45) is 5.11. The van der Waals surface area contributed by atoms with E-state index in [-0.39, 0.29) is 17.2 Å². The lowest BCUT2D eigenvalue weighted by molar-refractivity contribution is -0.132. The molecule has 3 aromatic carbocycles. The van der Waals surface area contributed by atoms with Gasteiger partial charge in [-0.3, -0.25) is 0 Å². The molecule has 32 heavy (non-hydrogen) atoms. The molecule has 0 aliphatic rings. The summed E-state index contributed by atoms with van der Waals surface area (Å²) in [5.41, 5.74) is 1.17. The molecule has 0 radical (unpaired) electrons. The Labute approximate surface area is 191 Å². The third-order valence-corrected chi connectivity index (χ3v) is 10.5. The number of carbonyl (C=O) groups is 1. The fourth-order valence-electron chi connectivity index (χ4n) is 3.99. The largest absolute Gasteiger partial charge is 0.478 e. The van der Waals surface area contributed by atoms with Crippen molar-refractivity contribution < 1.29 is 14.3 Å². The minimum absolute atomic E-state index is 0.160. The van der Waals surface area contributed by atoms with Crippen LogP contribution in [0.5, 0.6) is 0 Å². The highest BCUT2D eigenvalue weighted by atomic mass is 28.4. The minimum atomic E-state index is -2.70. The number of hydrogen-bond donors (Lipinski definition) is 1. The molecule has 0 fully saturated rings. The van der Waals surface area contributed by atoms with Crippen LogP contribution in [0.2, 0.25) is 5.04 Å². The highest BCUT2D eigenvalue weighted by Gasteiger charge is 2.49. The van der Waals surface area contributed by atoms with Gasteiger partial charge in [-0.1, -0.05) is 118 Å². The van der Waals surface area contributed by atoms with E-state index in [9.17, 15) is 9.90 Å². The molecule has 0 aromatic heterocycles. The molecule has 4 heteroatoms. The van der Waals surface area contributed by atoms with Crippen molar-refractivity contribution in [1.82, 2.24) is 0 Å². The van der Waals surface area contributed by atoms with E-state index in [2.05, 4.69) is 45.0 Å². The summed E-state index contributed by atoms with van der Waals surface area (Å²) in [6, 6.07) is 30.3. The molecule has 3 rings (SSSR count). The van der Waals surface area contributed by atoms with E-state index < -0.39 is 14.3 Å². The summed E-state index contributed by atoms with van der Waals surface area (Å²) >= 11 is 0. The van der Waals surface area contributed by atoms with Crippen LogP contribution in [0, 0.1) is 0 Å². The fraction of sp³-hybridized carbons (Fsp3) is 0.179. The van der Waals surface area contributed by atoms with E-state index >= 15 is 0 Å². The zero-order chi connectivity index (χ0) is 23.0. The summed E-state index contributed by atoms with van der Waals surface area (Å²) in [6.45, 7) is 6.83. The van der Waals surface area contributed by atoms with Gasteiger partial charge in [0.25, 0.3) is 8.32 Å². The van der Waals surface area contributed by atoms with Crippen molar-refractivity contribution in [2.45, 2.75) is 25.8 Å². The molecule has 0 saturated heterocycles. The Morgan fingerprint density at radius 2 is 1.31 bits per heavy atom. The van der Waals surface area contributed by atoms with Gasteiger partial charge in [0.1, 0.15) is 0 Å². The van der Waals surface area contributed by atoms with Crippen LogP contribution in [0.4, 0.5) is 0 Å². The van der Waals surface area contributed by atoms with Gasteiger partial charge in [-0.05, 0) is 33.1 Å². The highest BCUT2D eigenvalue weighted by molar-refractivity contribution is 6.99. The molecule has 0 amide bonds. The van der Waals surface area contributed by atoms with Crippen LogP contribution >= 0.6 is 0 Å². The molecule has 164 valence electrons. The van der Waals surface area contributed by atoms with Crippen molar-refractivity contribution in [3.05, 3.63) is 114 Å². The van der Waals surface area contributed by atoms with Crippen LogP contribution in [-0.4, -0.2) is 26.0 Å². The van der Waals surface area contributed by atoms with E-state index in [4.69, 9.17) is 4.43 Å². The maximum absolute atomic E-state index is 11.8. The first-order valence-corrected chi connectivity index (χ1v) is 12.7. The average molecular weight is 443 g/mol. The lowest BCUT2D eigenvalue weighted by atomic mass is 10.1. The number of aliphatic carboxylic acids is 1. The first kappa shape index (κ1) is 23.5. The Kier molecular flexibility index (Phi) is 7.62. The molecular formula is C28H30O3Si. The monoisotopic (exact) mass is 442 g/mol. The molecule has 3 aromatic rings. The minimum Gasteiger partial charge on any atom is -0.478 e. The Hall–Kier alpha value is -3.21. The Morgan fingerprint density at radius 1 is 0.844 bits per heavy atom. The average Bonchev–Trinajstić information content (AvgIpc) is 2.79. The van der Waals surface area contributed by atoms with Crippen LogP contribution in [-0.2, 0) is 9.22 Å². The van der Waals surface area contributed by atoms with Gasteiger partial charge in [0, 0.05) is 0 Å². The van der Waals surface area contributed by atoms with Crippen molar-refractivity contribution in [1.29, 1.82) is 0 Å². The summed E-state index contributed by atoms with van der Waals surface area (Å²) in [4.78, 5) is 11.8. The Morgan fingerprint density at radius 3 is 1.75 bits per heavy atom. The zero-order valence-corrected chi connectivity index (χ0v) is 19.9. The van der Waals surface area contributed by atoms with Gasteiger partial charge in [0.2, 0.25) is 0 Å². The van der Waals surface area contributed by atoms with E-state index in [1.165, 1.54) is 10.4 Å². The normalized spacial score (nSPS) is 12.8. The lowest BCUT2D eigenvalue weighted by Crippen LogP contribution is -2.66. The molecule has 0 heterocycles. The van der Waals surface area contributed by atoms with E-state index in [1.54, 1.807) is 12.2 Å². The van der Waals surface area contributed by atoms with Gasteiger partial charge in [-0.15, -0.1) is 0 Å². The molecule has 0 saturated carbocycles. The smallest absolute Gasteiger partial charge is 0.335 e. The van der Waals surface area contributed by atoms with Crippen LogP contribution in [0.3, 0.4) is 0 Å². The molecule has 0 aliphatic heterocycles. The van der Waals surface area contributed by atoms with E-state index in [0.29, 0.717) is 0 Å². The van der Waals surface area contributed by atoms with E-state index in [1.807, 2.05) is 72.8 Å². The van der Waals surface area contributed by atoms with Gasteiger partial charge in [0.05, 0.1) is 12.2 Å². The number of carboxylic acid groups (broad SMARTS) is 1. The van der Waals surface area contributed by atoms with Gasteiger partial charge in [-0.2, -0.15) is 0 Å². The number of rotatable bonds is 8. The highest BCUT2D eigenvalue weighted by Crippen LogP contribution is 2.36. The van der Waals surface area contributed by atoms with E-state index in [0.717, 1.165) is 5.56 Å². The molecule has 0 aliphatic carbocycles. The second kappa shape index (κ2) is 10.4. The molecule has 0 unspecified atom stereocenters. The molecule has 3 nitrogen and oxygen atoms in total. The number of hydrogen-bond acceptors (Lipinski definition) is 2. The fourth-order valence-corrected chi connectivity index (χ4v) is 8.48. The molecule has 0 bridgehead atoms. The predicted molar refractivity (Wildman–Crippen MR) is 135 cm³/mol. The molecule has 0 spiro atoms. The maximum atomic E-state index is 11.8. The summed E-state index contributed by atoms with van der Waals surface area (Å²) < 4.78 is 6.76. The summed E-state index contributed by atoms with van der Waals surface area (Å²) in [5.74, 6) is -0.969. The maximum Gasteiger partial charge on any atom is 0.335 e. The Bertz CT molecular complexity index is 1030. The van der Waals surface area contributed by atoms with Gasteiger partial charge in [0.15, 0.2) is 0 Å². The number of benzene rings is 3. The van der Waals surface area contributed by atoms with Crippen molar-refractivity contribution in [3.63, 3.8) is 0 Å². The quantitative estimate of drug-likeness (QED) is 0.293. The van der Waals surface area contributed by atoms with Crippen molar-refractivity contribution in [3.8, 4) is 0 Å². The van der Waals surface area contributed by atoms with Gasteiger partial charge in [-0.25, -0.2) is 4.79 Å². The molecular weight excluding hydrogens is 412 g/mol. The van der Waals surface area contributed by atoms with Crippen LogP contribution in [0.15, 0.2) is 109 Å². The predicted octanol–water partition coefficient (Wildman–Crippen LogP) is 5.29. The Balaban J connectivity index is 1.98. The molecule has 0 atom stereocenters. The summed E-state index contributed by atoms with van der Waals surface area (Å²) in [5, 5.41) is 11.9. The van der Waals surface area contributed by atoms with Crippen molar-refractivity contribution in [2.75, 3.05) is 6.61 Å². The second-order valence-electron chi connectivity index (χ2n) is 8.68. The third kappa shape index (κ3) is 5.33. The first-order chi connectivity index (χ1) is 15.3. The van der Waals surface area contributed by atoms with Crippen LogP contribution < -0.4 is 10.4 Å². The van der Waals surface area contributed by atoms with Crippen molar-refractivity contribution >= 4 is 30.7 Å². The summed E-state index contributed by atoms with van der Waals surface area (Å²) in [7, 11) is -2.70. The second-order valence-corrected chi connectivity index (χ2v) is 13.0. The van der Waals surface area contributed by atoms with Crippen LogP contribution in [0.25, 0.3) is 6.08 Å². The standard InChI is InChI=1S/C28H30O3Si/c1-28(2,3)32(25-15-9-5-10-16-25,26-17-11-6-12-18-26)31-22-21-24(27(29)30)20-19-23-13-7-4-8-14-23/h4-21H,22H2,1-3H3,(H,29,30)/b20-19+,24-21+. The number of carboxylic acids is 1. The van der Waals surface area contributed by atoms with Crippen molar-refractivity contribution in [2.24, 2.45) is 0 Å². The van der Waals surface area contributed by atoms with Gasteiger partial charge >= 0.3 is 5.97 Å². The SMILES string of the molecule is CC(C)(C)[Si](OC/C=C(\C=C\c1ccccc1)C(=O)O)(c1ccccc1)c1ccccc1. The van der Waals surface area contributed by atoms with Gasteiger partial charge < -0.3 is 9.53 Å². The molecule has 1 N–H and O–H groups in total. The lowest BCUT2D eigenvalue weighted by Gasteiger charge is -2.42. The zero-order valence-electron chi connectivity index (χ0n) is 18.9. The topological polar surface area (TPSA) is 46.5 Å². The third-order valence-electron chi connectivity index (χ3n) is 5.52. The van der Waals surface area contributed by atoms with Crippen LogP contribution in [0.1, 0.15) is 26.3 Å². The first-order valence-electron chi connectivity index (χ1n) is 10.8.